The first-order chi connectivity index (χ1) is 6.31. The van der Waals surface area contributed by atoms with E-state index < -0.39 is 0 Å². The van der Waals surface area contributed by atoms with E-state index in [1.807, 2.05) is 0 Å². The van der Waals surface area contributed by atoms with Crippen molar-refractivity contribution < 1.29 is 0 Å². The maximum Gasteiger partial charge on any atom is -0.0233 e. The Morgan fingerprint density at radius 2 is 1.86 bits per heavy atom. The van der Waals surface area contributed by atoms with Crippen molar-refractivity contribution in [1.29, 1.82) is 0 Å². The quantitative estimate of drug-likeness (QED) is 0.580. The van der Waals surface area contributed by atoms with Crippen molar-refractivity contribution in [3.8, 4) is 0 Å². The highest BCUT2D eigenvalue weighted by Crippen LogP contribution is 2.51. The molecule has 84 valence electrons. The van der Waals surface area contributed by atoms with Crippen LogP contribution in [0.5, 0.6) is 0 Å². The third kappa shape index (κ3) is 4.48. The van der Waals surface area contributed by atoms with Crippen LogP contribution < -0.4 is 0 Å². The molecule has 1 saturated carbocycles. The van der Waals surface area contributed by atoms with Gasteiger partial charge in [-0.1, -0.05) is 54.9 Å². The van der Waals surface area contributed by atoms with E-state index in [9.17, 15) is 0 Å². The van der Waals surface area contributed by atoms with Crippen molar-refractivity contribution in [1.82, 2.24) is 0 Å². The first-order valence-electron chi connectivity index (χ1n) is 5.92. The first-order valence-corrected chi connectivity index (χ1v) is 5.92. The van der Waals surface area contributed by atoms with E-state index in [0.717, 1.165) is 5.92 Å². The van der Waals surface area contributed by atoms with Gasteiger partial charge in [0.15, 0.2) is 0 Å². The molecule has 1 rings (SSSR count). The Bertz CT molecular complexity index is 144. The minimum Gasteiger partial charge on any atom is -0.0654 e. The summed E-state index contributed by atoms with van der Waals surface area (Å²) < 4.78 is 0. The molecule has 0 saturated heterocycles. The zero-order chi connectivity index (χ0) is 11.4. The van der Waals surface area contributed by atoms with Crippen LogP contribution >= 0.6 is 0 Å². The van der Waals surface area contributed by atoms with Crippen LogP contribution in [-0.2, 0) is 0 Å². The molecule has 0 nitrogen and oxygen atoms in total. The third-order valence-electron chi connectivity index (χ3n) is 3.40. The number of hydrogen-bond donors (Lipinski definition) is 0. The Morgan fingerprint density at radius 1 is 1.36 bits per heavy atom. The largest absolute Gasteiger partial charge is 0.0654 e. The van der Waals surface area contributed by atoms with Crippen LogP contribution in [-0.4, -0.2) is 0 Å². The minimum atomic E-state index is 0.615. The predicted octanol–water partition coefficient (Wildman–Crippen LogP) is 5.05. The van der Waals surface area contributed by atoms with Crippen molar-refractivity contribution >= 4 is 0 Å². The molecule has 2 radical (unpaired) electrons. The van der Waals surface area contributed by atoms with E-state index in [2.05, 4.69) is 48.5 Å². The van der Waals surface area contributed by atoms with Crippen molar-refractivity contribution in [3.63, 3.8) is 0 Å². The lowest BCUT2D eigenvalue weighted by atomic mass is 9.57. The van der Waals surface area contributed by atoms with Gasteiger partial charge in [-0.2, -0.15) is 0 Å². The molecule has 0 aliphatic heterocycles. The fourth-order valence-corrected chi connectivity index (χ4v) is 2.06. The lowest BCUT2D eigenvalue weighted by Gasteiger charge is -2.48. The monoisotopic (exact) mass is 196 g/mol. The summed E-state index contributed by atoms with van der Waals surface area (Å²) in [5.41, 5.74) is 0.615. The number of hydrogen-bond acceptors (Lipinski definition) is 0. The summed E-state index contributed by atoms with van der Waals surface area (Å²) in [6.07, 6.45) is 3.93. The Morgan fingerprint density at radius 3 is 1.86 bits per heavy atom. The molecular weight excluding hydrogens is 168 g/mol. The van der Waals surface area contributed by atoms with Gasteiger partial charge in [-0.15, -0.1) is 0 Å². The molecule has 0 bridgehead atoms. The highest BCUT2D eigenvalue weighted by atomic mass is 14.5. The van der Waals surface area contributed by atoms with Gasteiger partial charge in [0.25, 0.3) is 0 Å². The molecule has 0 heteroatoms. The van der Waals surface area contributed by atoms with Crippen LogP contribution in [0.25, 0.3) is 0 Å². The van der Waals surface area contributed by atoms with Gasteiger partial charge in [-0.3, -0.25) is 0 Å². The maximum atomic E-state index is 2.34. The van der Waals surface area contributed by atoms with E-state index in [0.29, 0.717) is 5.41 Å². The Balaban J connectivity index is 0.000000255. The van der Waals surface area contributed by atoms with Crippen LogP contribution in [0.15, 0.2) is 0 Å². The summed E-state index contributed by atoms with van der Waals surface area (Å²) in [5.74, 6) is 4.08. The average molecular weight is 196 g/mol. The Hall–Kier alpha value is 0. The smallest absolute Gasteiger partial charge is 0.0233 e. The molecule has 14 heavy (non-hydrogen) atoms. The molecule has 1 unspecified atom stereocenters. The summed E-state index contributed by atoms with van der Waals surface area (Å²) >= 11 is 0. The topological polar surface area (TPSA) is 0 Å². The Kier molecular flexibility index (Phi) is 5.78. The highest BCUT2D eigenvalue weighted by molar-refractivity contribution is 5.10. The van der Waals surface area contributed by atoms with Gasteiger partial charge in [0.05, 0.1) is 0 Å². The molecule has 1 atom stereocenters. The zero-order valence-electron chi connectivity index (χ0n) is 11.2. The van der Waals surface area contributed by atoms with Crippen LogP contribution in [0.4, 0.5) is 0 Å². The SMILES string of the molecule is CCC[C](C)C.C[C]1CC(C)(C)C1C. The molecule has 0 amide bonds. The van der Waals surface area contributed by atoms with E-state index in [1.165, 1.54) is 25.2 Å². The van der Waals surface area contributed by atoms with Crippen molar-refractivity contribution in [2.24, 2.45) is 11.3 Å². The standard InChI is InChI=1S/C8H15.C6H13/c1-6-5-8(3,4)7(6)2;1-4-5-6(2)3/h7H,5H2,1-4H3;4-5H2,1-3H3. The van der Waals surface area contributed by atoms with Crippen molar-refractivity contribution in [2.75, 3.05) is 0 Å². The van der Waals surface area contributed by atoms with Crippen molar-refractivity contribution in [2.45, 2.75) is 67.7 Å². The van der Waals surface area contributed by atoms with Gasteiger partial charge in [-0.25, -0.2) is 0 Å². The van der Waals surface area contributed by atoms with Crippen LogP contribution in [0.1, 0.15) is 67.7 Å². The zero-order valence-corrected chi connectivity index (χ0v) is 11.2. The second-order valence-electron chi connectivity index (χ2n) is 5.69. The van der Waals surface area contributed by atoms with Gasteiger partial charge >= 0.3 is 0 Å². The van der Waals surface area contributed by atoms with Gasteiger partial charge < -0.3 is 0 Å². The third-order valence-corrected chi connectivity index (χ3v) is 3.40. The molecule has 1 aliphatic carbocycles. The van der Waals surface area contributed by atoms with Crippen LogP contribution in [0.2, 0.25) is 0 Å². The molecule has 0 N–H and O–H groups in total. The minimum absolute atomic E-state index is 0.615. The van der Waals surface area contributed by atoms with E-state index in [4.69, 9.17) is 0 Å². The predicted molar refractivity (Wildman–Crippen MR) is 66.0 cm³/mol. The number of rotatable bonds is 2. The fraction of sp³-hybridized carbons (Fsp3) is 0.857. The van der Waals surface area contributed by atoms with E-state index >= 15 is 0 Å². The molecule has 0 aromatic carbocycles. The van der Waals surface area contributed by atoms with Gasteiger partial charge in [0, 0.05) is 0 Å². The average Bonchev–Trinajstić information content (AvgIpc) is 2.04. The molecule has 0 aromatic rings. The Labute approximate surface area is 91.5 Å². The summed E-state index contributed by atoms with van der Waals surface area (Å²) in [4.78, 5) is 0. The van der Waals surface area contributed by atoms with Crippen LogP contribution in [0, 0.1) is 23.2 Å². The lowest BCUT2D eigenvalue weighted by Crippen LogP contribution is -2.38. The molecule has 0 heterocycles. The second-order valence-corrected chi connectivity index (χ2v) is 5.69. The van der Waals surface area contributed by atoms with E-state index in [-0.39, 0.29) is 0 Å². The molecular formula is C14H28. The van der Waals surface area contributed by atoms with Gasteiger partial charge in [-0.05, 0) is 36.0 Å². The summed E-state index contributed by atoms with van der Waals surface area (Å²) in [5, 5.41) is 0. The fourth-order valence-electron chi connectivity index (χ4n) is 2.06. The molecule has 1 aliphatic rings. The summed E-state index contributed by atoms with van der Waals surface area (Å²) in [6.45, 7) is 15.8. The van der Waals surface area contributed by atoms with Gasteiger partial charge in [0.1, 0.15) is 0 Å². The molecule has 0 spiro atoms. The maximum absolute atomic E-state index is 2.34. The molecule has 0 aromatic heterocycles. The van der Waals surface area contributed by atoms with Crippen LogP contribution in [0.3, 0.4) is 0 Å². The second kappa shape index (κ2) is 5.78. The molecule has 1 fully saturated rings. The van der Waals surface area contributed by atoms with Crippen molar-refractivity contribution in [3.05, 3.63) is 11.8 Å². The normalized spacial score (nSPS) is 25.3. The summed E-state index contributed by atoms with van der Waals surface area (Å²) in [7, 11) is 0. The van der Waals surface area contributed by atoms with Gasteiger partial charge in [0.2, 0.25) is 0 Å². The first kappa shape index (κ1) is 14.0. The summed E-state index contributed by atoms with van der Waals surface area (Å²) in [6, 6.07) is 0. The lowest BCUT2D eigenvalue weighted by molar-refractivity contribution is 0.126. The van der Waals surface area contributed by atoms with E-state index in [1.54, 1.807) is 5.92 Å². The highest BCUT2D eigenvalue weighted by Gasteiger charge is 2.41.